The van der Waals surface area contributed by atoms with E-state index in [1.54, 1.807) is 7.11 Å². The molecule has 1 heterocycles. The first kappa shape index (κ1) is 11.9. The molecule has 2 atom stereocenters. The van der Waals surface area contributed by atoms with Gasteiger partial charge >= 0.3 is 5.97 Å². The van der Waals surface area contributed by atoms with Crippen LogP contribution in [0.25, 0.3) is 0 Å². The van der Waals surface area contributed by atoms with Crippen LogP contribution in [0.4, 0.5) is 0 Å². The minimum atomic E-state index is -0.812. The van der Waals surface area contributed by atoms with Crippen LogP contribution >= 0.6 is 0 Å². The predicted octanol–water partition coefficient (Wildman–Crippen LogP) is 2.03. The van der Waals surface area contributed by atoms with E-state index in [1.807, 2.05) is 31.2 Å². The van der Waals surface area contributed by atoms with E-state index >= 15 is 0 Å². The third-order valence-electron chi connectivity index (χ3n) is 3.41. The van der Waals surface area contributed by atoms with Gasteiger partial charge in [0.1, 0.15) is 11.4 Å². The minimum absolute atomic E-state index is 0.477. The second-order valence-corrected chi connectivity index (χ2v) is 4.37. The first-order chi connectivity index (χ1) is 8.08. The summed E-state index contributed by atoms with van der Waals surface area (Å²) in [6.45, 7) is 2.30. The summed E-state index contributed by atoms with van der Waals surface area (Å²) < 4.78 is 10.8. The van der Waals surface area contributed by atoms with Gasteiger partial charge in [-0.05, 0) is 31.0 Å². The molecule has 1 aromatic carbocycles. The predicted molar refractivity (Wildman–Crippen MR) is 62.0 cm³/mol. The topological polar surface area (TPSA) is 55.8 Å². The smallest absolute Gasteiger partial charge is 0.309 e. The van der Waals surface area contributed by atoms with Crippen molar-refractivity contribution in [3.8, 4) is 5.75 Å². The monoisotopic (exact) mass is 236 g/mol. The van der Waals surface area contributed by atoms with Crippen LogP contribution < -0.4 is 4.74 Å². The highest BCUT2D eigenvalue weighted by Gasteiger charge is 2.46. The minimum Gasteiger partial charge on any atom is -0.497 e. The van der Waals surface area contributed by atoms with Gasteiger partial charge in [-0.3, -0.25) is 4.79 Å². The van der Waals surface area contributed by atoms with E-state index in [2.05, 4.69) is 0 Å². The van der Waals surface area contributed by atoms with E-state index in [0.29, 0.717) is 18.8 Å². The van der Waals surface area contributed by atoms with Gasteiger partial charge in [-0.15, -0.1) is 0 Å². The zero-order chi connectivity index (χ0) is 12.5. The molecule has 0 aromatic heterocycles. The summed E-state index contributed by atoms with van der Waals surface area (Å²) in [5, 5.41) is 9.23. The van der Waals surface area contributed by atoms with Crippen molar-refractivity contribution in [2.75, 3.05) is 13.7 Å². The summed E-state index contributed by atoms with van der Waals surface area (Å²) in [4.78, 5) is 11.2. The molecule has 0 aliphatic carbocycles. The van der Waals surface area contributed by atoms with Crippen LogP contribution in [0.2, 0.25) is 0 Å². The number of hydrogen-bond acceptors (Lipinski definition) is 3. The maximum absolute atomic E-state index is 11.2. The second kappa shape index (κ2) is 4.37. The number of carboxylic acids is 1. The zero-order valence-electron chi connectivity index (χ0n) is 9.97. The number of carbonyl (C=O) groups is 1. The van der Waals surface area contributed by atoms with E-state index in [-0.39, 0.29) is 0 Å². The molecule has 1 aliphatic rings. The van der Waals surface area contributed by atoms with E-state index in [1.165, 1.54) is 0 Å². The molecule has 0 spiro atoms. The molecule has 0 saturated carbocycles. The van der Waals surface area contributed by atoms with Gasteiger partial charge < -0.3 is 14.6 Å². The van der Waals surface area contributed by atoms with Gasteiger partial charge in [0.15, 0.2) is 0 Å². The summed E-state index contributed by atoms with van der Waals surface area (Å²) in [6.07, 6.45) is 0.545. The van der Waals surface area contributed by atoms with Gasteiger partial charge in [-0.2, -0.15) is 0 Å². The fraction of sp³-hybridized carbons (Fsp3) is 0.462. The Bertz CT molecular complexity index is 429. The zero-order valence-corrected chi connectivity index (χ0v) is 9.97. The van der Waals surface area contributed by atoms with Crippen LogP contribution in [0, 0.1) is 5.92 Å². The molecular weight excluding hydrogens is 220 g/mol. The number of benzene rings is 1. The van der Waals surface area contributed by atoms with Crippen molar-refractivity contribution < 1.29 is 19.4 Å². The Morgan fingerprint density at radius 3 is 3.00 bits per heavy atom. The second-order valence-electron chi connectivity index (χ2n) is 4.37. The first-order valence-corrected chi connectivity index (χ1v) is 5.59. The Morgan fingerprint density at radius 1 is 1.59 bits per heavy atom. The Balaban J connectivity index is 2.39. The van der Waals surface area contributed by atoms with Gasteiger partial charge in [0.2, 0.25) is 0 Å². The first-order valence-electron chi connectivity index (χ1n) is 5.59. The lowest BCUT2D eigenvalue weighted by Gasteiger charge is -2.28. The molecular formula is C13H16O4. The molecule has 0 radical (unpaired) electrons. The van der Waals surface area contributed by atoms with Crippen LogP contribution in [0.15, 0.2) is 24.3 Å². The molecule has 17 heavy (non-hydrogen) atoms. The number of methoxy groups -OCH3 is 1. The standard InChI is InChI=1S/C13H16O4/c1-13(11(12(14)15)6-7-17-13)9-4-3-5-10(8-9)16-2/h3-5,8,11H,6-7H2,1-2H3,(H,14,15). The van der Waals surface area contributed by atoms with Crippen LogP contribution in [0.3, 0.4) is 0 Å². The van der Waals surface area contributed by atoms with Crippen molar-refractivity contribution in [1.82, 2.24) is 0 Å². The molecule has 4 heteroatoms. The van der Waals surface area contributed by atoms with Crippen LogP contribution in [-0.4, -0.2) is 24.8 Å². The van der Waals surface area contributed by atoms with Crippen molar-refractivity contribution in [2.24, 2.45) is 5.92 Å². The van der Waals surface area contributed by atoms with Gasteiger partial charge in [0.05, 0.1) is 13.0 Å². The maximum atomic E-state index is 11.2. The normalized spacial score (nSPS) is 28.0. The Hall–Kier alpha value is -1.55. The van der Waals surface area contributed by atoms with Crippen molar-refractivity contribution >= 4 is 5.97 Å². The van der Waals surface area contributed by atoms with Crippen molar-refractivity contribution in [2.45, 2.75) is 18.9 Å². The summed E-state index contributed by atoms with van der Waals surface area (Å²) in [7, 11) is 1.59. The molecule has 1 aliphatic heterocycles. The molecule has 0 amide bonds. The molecule has 2 rings (SSSR count). The highest BCUT2D eigenvalue weighted by atomic mass is 16.5. The molecule has 1 fully saturated rings. The molecule has 1 N–H and O–H groups in total. The highest BCUT2D eigenvalue weighted by Crippen LogP contribution is 2.41. The Morgan fingerprint density at radius 2 is 2.35 bits per heavy atom. The number of aliphatic carboxylic acids is 1. The summed E-state index contributed by atoms with van der Waals surface area (Å²) >= 11 is 0. The molecule has 1 saturated heterocycles. The lowest BCUT2D eigenvalue weighted by molar-refractivity contribution is -0.148. The van der Waals surface area contributed by atoms with E-state index in [9.17, 15) is 9.90 Å². The third-order valence-corrected chi connectivity index (χ3v) is 3.41. The van der Waals surface area contributed by atoms with Crippen molar-refractivity contribution in [3.05, 3.63) is 29.8 Å². The lowest BCUT2D eigenvalue weighted by atomic mass is 9.83. The molecule has 1 aromatic rings. The summed E-state index contributed by atoms with van der Waals surface area (Å²) in [5.41, 5.74) is 0.0853. The summed E-state index contributed by atoms with van der Waals surface area (Å²) in [5.74, 6) is -0.606. The quantitative estimate of drug-likeness (QED) is 0.872. The average Bonchev–Trinajstić information content (AvgIpc) is 2.73. The maximum Gasteiger partial charge on any atom is 0.309 e. The SMILES string of the molecule is COc1cccc(C2(C)OCCC2C(=O)O)c1. The Kier molecular flexibility index (Phi) is 3.07. The molecule has 2 unspecified atom stereocenters. The van der Waals surface area contributed by atoms with E-state index in [4.69, 9.17) is 9.47 Å². The van der Waals surface area contributed by atoms with Crippen LogP contribution in [0.1, 0.15) is 18.9 Å². The van der Waals surface area contributed by atoms with Crippen LogP contribution in [-0.2, 0) is 15.1 Å². The van der Waals surface area contributed by atoms with Gasteiger partial charge in [0.25, 0.3) is 0 Å². The van der Waals surface area contributed by atoms with Crippen molar-refractivity contribution in [3.63, 3.8) is 0 Å². The van der Waals surface area contributed by atoms with Crippen molar-refractivity contribution in [1.29, 1.82) is 0 Å². The number of carboxylic acid groups (broad SMARTS) is 1. The fourth-order valence-corrected chi connectivity index (χ4v) is 2.34. The van der Waals surface area contributed by atoms with Crippen LogP contribution in [0.5, 0.6) is 5.75 Å². The molecule has 4 nitrogen and oxygen atoms in total. The number of rotatable bonds is 3. The Labute approximate surface area is 100 Å². The van der Waals surface area contributed by atoms with E-state index < -0.39 is 17.5 Å². The summed E-state index contributed by atoms with van der Waals surface area (Å²) in [6, 6.07) is 7.39. The average molecular weight is 236 g/mol. The largest absolute Gasteiger partial charge is 0.497 e. The number of ether oxygens (including phenoxy) is 2. The molecule has 92 valence electrons. The fourth-order valence-electron chi connectivity index (χ4n) is 2.34. The van der Waals surface area contributed by atoms with Gasteiger partial charge in [-0.1, -0.05) is 12.1 Å². The number of hydrogen-bond donors (Lipinski definition) is 1. The van der Waals surface area contributed by atoms with Gasteiger partial charge in [0, 0.05) is 6.61 Å². The third kappa shape index (κ3) is 2.00. The van der Waals surface area contributed by atoms with E-state index in [0.717, 1.165) is 5.56 Å². The van der Waals surface area contributed by atoms with Gasteiger partial charge in [-0.25, -0.2) is 0 Å². The lowest BCUT2D eigenvalue weighted by Crippen LogP contribution is -2.33. The molecule has 0 bridgehead atoms. The highest BCUT2D eigenvalue weighted by molar-refractivity contribution is 5.72.